The summed E-state index contributed by atoms with van der Waals surface area (Å²) in [4.78, 5) is 0.449. The lowest BCUT2D eigenvalue weighted by molar-refractivity contribution is -0.539. The maximum absolute atomic E-state index is 13.5. The lowest BCUT2D eigenvalue weighted by Gasteiger charge is -2.38. The lowest BCUT2D eigenvalue weighted by atomic mass is 9.90. The smallest absolute Gasteiger partial charge is 0.295 e. The molecule has 0 radical (unpaired) electrons. The fraction of sp³-hybridized carbons (Fsp3) is 0.162. The molecule has 0 aliphatic heterocycles. The van der Waals surface area contributed by atoms with Crippen molar-refractivity contribution in [3.8, 4) is 5.75 Å². The van der Waals surface area contributed by atoms with E-state index in [1.54, 1.807) is 55.5 Å². The van der Waals surface area contributed by atoms with Gasteiger partial charge in [-0.2, -0.15) is 25.3 Å². The average Bonchev–Trinajstić information content (AvgIpc) is 3.11. The number of hydrogen-bond donors (Lipinski definition) is 4. The molecule has 0 spiro atoms. The number of aromatic hydroxyl groups is 1. The van der Waals surface area contributed by atoms with Gasteiger partial charge in [0, 0.05) is 41.6 Å². The third kappa shape index (κ3) is 9.17. The van der Waals surface area contributed by atoms with Crippen LogP contribution in [0, 0.1) is 0 Å². The highest BCUT2D eigenvalue weighted by molar-refractivity contribution is 7.86. The Morgan fingerprint density at radius 3 is 1.75 bits per heavy atom. The van der Waals surface area contributed by atoms with E-state index in [-0.39, 0.29) is 33.2 Å². The van der Waals surface area contributed by atoms with Gasteiger partial charge in [-0.25, -0.2) is 4.58 Å². The number of anilines is 1. The van der Waals surface area contributed by atoms with E-state index in [1.807, 2.05) is 23.7 Å². The average molecular weight is 781 g/mol. The van der Waals surface area contributed by atoms with Crippen molar-refractivity contribution in [2.24, 2.45) is 0 Å². The van der Waals surface area contributed by atoms with Gasteiger partial charge in [-0.3, -0.25) is 13.7 Å². The van der Waals surface area contributed by atoms with E-state index in [2.05, 4.69) is 0 Å². The molecule has 5 rings (SSSR count). The zero-order valence-corrected chi connectivity index (χ0v) is 30.9. The molecule has 1 aliphatic carbocycles. The van der Waals surface area contributed by atoms with Crippen LogP contribution in [0.4, 0.5) is 5.69 Å². The third-order valence-corrected chi connectivity index (χ3v) is 11.2. The Morgan fingerprint density at radius 2 is 1.26 bits per heavy atom. The van der Waals surface area contributed by atoms with Crippen molar-refractivity contribution >= 4 is 47.3 Å². The van der Waals surface area contributed by atoms with Crippen LogP contribution in [-0.4, -0.2) is 67.4 Å². The Bertz CT molecular complexity index is 2450. The molecule has 0 amide bonds. The summed E-state index contributed by atoms with van der Waals surface area (Å²) in [5.41, 5.74) is 3.90. The van der Waals surface area contributed by atoms with Gasteiger partial charge in [0.2, 0.25) is 0 Å². The fourth-order valence-electron chi connectivity index (χ4n) is 5.91. The van der Waals surface area contributed by atoms with Crippen LogP contribution in [0.1, 0.15) is 42.3 Å². The van der Waals surface area contributed by atoms with E-state index in [9.17, 15) is 49.1 Å². The normalized spacial score (nSPS) is 13.9. The summed E-state index contributed by atoms with van der Waals surface area (Å²) in [7, 11) is -13.6. The molecule has 13 nitrogen and oxygen atoms in total. The molecule has 0 fully saturated rings. The highest BCUT2D eigenvalue weighted by Gasteiger charge is 2.24. The van der Waals surface area contributed by atoms with Gasteiger partial charge in [-0.1, -0.05) is 36.4 Å². The summed E-state index contributed by atoms with van der Waals surface area (Å²) < 4.78 is 102. The number of allylic oxidation sites excluding steroid dienone is 5. The van der Waals surface area contributed by atoms with Crippen LogP contribution < -0.4 is 10.0 Å². The predicted molar refractivity (Wildman–Crippen MR) is 196 cm³/mol. The second kappa shape index (κ2) is 15.6. The number of hydrogen-bond acceptors (Lipinski definition) is 9. The molecule has 4 aromatic rings. The van der Waals surface area contributed by atoms with Gasteiger partial charge in [0.15, 0.2) is 12.3 Å². The van der Waals surface area contributed by atoms with Crippen molar-refractivity contribution < 1.29 is 53.7 Å². The maximum atomic E-state index is 13.5. The van der Waals surface area contributed by atoms with E-state index in [1.165, 1.54) is 41.3 Å². The quantitative estimate of drug-likeness (QED) is 0.0881. The van der Waals surface area contributed by atoms with E-state index < -0.39 is 41.5 Å². The minimum absolute atomic E-state index is 0.102. The summed E-state index contributed by atoms with van der Waals surface area (Å²) in [5.74, 6) is -0.376. The van der Waals surface area contributed by atoms with Crippen molar-refractivity contribution in [2.75, 3.05) is 18.0 Å². The van der Waals surface area contributed by atoms with Crippen molar-refractivity contribution in [3.63, 3.8) is 0 Å². The molecule has 16 heteroatoms. The van der Waals surface area contributed by atoms with Crippen LogP contribution >= 0.6 is 0 Å². The molecular formula is C37H36N2O11S3. The Balaban J connectivity index is 1.55. The first kappa shape index (κ1) is 39.3. The number of benzene rings is 4. The fourth-order valence-corrected chi connectivity index (χ4v) is 7.59. The Labute approximate surface area is 308 Å². The predicted octanol–water partition coefficient (Wildman–Crippen LogP) is 4.62. The first-order valence-corrected chi connectivity index (χ1v) is 20.4. The van der Waals surface area contributed by atoms with Crippen LogP contribution in [0.25, 0.3) is 5.57 Å². The molecule has 0 heterocycles. The molecule has 0 aromatic heterocycles. The summed E-state index contributed by atoms with van der Waals surface area (Å²) in [6.07, 6.45) is 5.74. The summed E-state index contributed by atoms with van der Waals surface area (Å²) in [6.45, 7) is 4.96. The van der Waals surface area contributed by atoms with Gasteiger partial charge in [-0.15, -0.1) is 0 Å². The number of rotatable bonds is 12. The van der Waals surface area contributed by atoms with Crippen molar-refractivity contribution in [1.29, 1.82) is 0 Å². The minimum Gasteiger partial charge on any atom is -0.833 e. The van der Waals surface area contributed by atoms with Gasteiger partial charge in [-0.05, 0) is 103 Å². The Kier molecular flexibility index (Phi) is 11.5. The van der Waals surface area contributed by atoms with Crippen molar-refractivity contribution in [2.45, 2.75) is 41.3 Å². The standard InChI is InChI=1S/C37H35N2O11S3/c1-3-38(24-25-5-18-32(19-6-25)51(42,43)44)29-13-7-26(8-14-29)36(34-22-17-31(40)23-35(34)53(48,49)50)27-9-15-30(16-10-27)39(4-2)37(41)28-11-20-33(21-12-28)52(45,46)47/h5-23,37H,3-4,24H2,1-2H3,(H3,42,43,44,45,46,47,48,49,50)/q-1/p+1. The van der Waals surface area contributed by atoms with Crippen LogP contribution in [0.2, 0.25) is 0 Å². The number of phenols is 1. The molecule has 0 bridgehead atoms. The van der Waals surface area contributed by atoms with Gasteiger partial charge >= 0.3 is 0 Å². The molecule has 53 heavy (non-hydrogen) atoms. The van der Waals surface area contributed by atoms with E-state index >= 15 is 0 Å². The Morgan fingerprint density at radius 1 is 0.717 bits per heavy atom. The minimum atomic E-state index is -4.81. The maximum Gasteiger partial charge on any atom is 0.295 e. The van der Waals surface area contributed by atoms with Crippen LogP contribution in [0.3, 0.4) is 0 Å². The van der Waals surface area contributed by atoms with Crippen molar-refractivity contribution in [1.82, 2.24) is 0 Å². The molecule has 4 N–H and O–H groups in total. The van der Waals surface area contributed by atoms with Crippen LogP contribution in [0.5, 0.6) is 5.75 Å². The van der Waals surface area contributed by atoms with Gasteiger partial charge in [0.25, 0.3) is 30.4 Å². The van der Waals surface area contributed by atoms with Gasteiger partial charge in [0.05, 0.1) is 9.79 Å². The molecule has 0 saturated carbocycles. The van der Waals surface area contributed by atoms with E-state index in [0.29, 0.717) is 35.5 Å². The largest absolute Gasteiger partial charge is 0.833 e. The first-order valence-electron chi connectivity index (χ1n) is 16.1. The summed E-state index contributed by atoms with van der Waals surface area (Å²) in [5, 5.41) is 23.6. The monoisotopic (exact) mass is 780 g/mol. The topological polar surface area (TPSA) is 213 Å². The SMILES string of the molecule is CCN(c1ccc(C(=C2C=CC(=[N+](CC)Cc3ccc(S(=O)(=O)O)cc3)C=C2)c2ccc(O)cc2S(=O)(=O)O)cc1)C([O-])c1ccc(S(=O)(=O)O)cc1. The molecule has 1 aliphatic rings. The molecule has 1 unspecified atom stereocenters. The number of phenolic OH excluding ortho intramolecular Hbond substituents is 1. The molecular weight excluding hydrogens is 745 g/mol. The van der Waals surface area contributed by atoms with Crippen molar-refractivity contribution in [3.05, 3.63) is 143 Å². The molecule has 0 saturated heterocycles. The molecule has 278 valence electrons. The van der Waals surface area contributed by atoms with Crippen LogP contribution in [-0.2, 0) is 36.9 Å². The Hall–Kier alpha value is -4.94. The second-order valence-corrected chi connectivity index (χ2v) is 16.2. The van der Waals surface area contributed by atoms with Gasteiger partial charge < -0.3 is 15.1 Å². The van der Waals surface area contributed by atoms with E-state index in [4.69, 9.17) is 0 Å². The second-order valence-electron chi connectivity index (χ2n) is 11.9. The number of nitrogens with zero attached hydrogens (tertiary/aromatic N) is 2. The highest BCUT2D eigenvalue weighted by Crippen LogP contribution is 2.36. The van der Waals surface area contributed by atoms with E-state index in [0.717, 1.165) is 29.5 Å². The summed E-state index contributed by atoms with van der Waals surface area (Å²) in [6, 6.07) is 21.1. The first-order chi connectivity index (χ1) is 24.9. The summed E-state index contributed by atoms with van der Waals surface area (Å²) >= 11 is 0. The zero-order valence-electron chi connectivity index (χ0n) is 28.4. The zero-order chi connectivity index (χ0) is 38.7. The lowest BCUT2D eigenvalue weighted by Crippen LogP contribution is -2.37. The highest BCUT2D eigenvalue weighted by atomic mass is 32.2. The van der Waals surface area contributed by atoms with Crippen LogP contribution in [0.15, 0.2) is 136 Å². The van der Waals surface area contributed by atoms with Gasteiger partial charge in [0.1, 0.15) is 17.2 Å². The molecule has 4 aromatic carbocycles. The third-order valence-electron chi connectivity index (χ3n) is 8.58. The molecule has 1 atom stereocenters.